The maximum atomic E-state index is 11.0. The molecule has 3 nitrogen and oxygen atoms in total. The van der Waals surface area contributed by atoms with Gasteiger partial charge in [0.1, 0.15) is 0 Å². The molecule has 0 saturated heterocycles. The van der Waals surface area contributed by atoms with Crippen LogP contribution in [0.3, 0.4) is 0 Å². The summed E-state index contributed by atoms with van der Waals surface area (Å²) < 4.78 is 2.25. The van der Waals surface area contributed by atoms with E-state index in [2.05, 4.69) is 84.4 Å². The van der Waals surface area contributed by atoms with Gasteiger partial charge >= 0.3 is 5.97 Å². The van der Waals surface area contributed by atoms with E-state index in [1.807, 2.05) is 6.07 Å². The summed E-state index contributed by atoms with van der Waals surface area (Å²) >= 11 is 0. The van der Waals surface area contributed by atoms with Gasteiger partial charge in [0.15, 0.2) is 0 Å². The quantitative estimate of drug-likeness (QED) is 0.442. The number of hydrogen-bond donors (Lipinski definition) is 1. The van der Waals surface area contributed by atoms with E-state index in [0.29, 0.717) is 6.42 Å². The second-order valence-electron chi connectivity index (χ2n) is 7.59. The van der Waals surface area contributed by atoms with Crippen molar-refractivity contribution < 1.29 is 9.90 Å². The van der Waals surface area contributed by atoms with E-state index >= 15 is 0 Å². The number of aromatic nitrogens is 1. The van der Waals surface area contributed by atoms with Crippen molar-refractivity contribution in [2.24, 2.45) is 0 Å². The molecule has 1 N–H and O–H groups in total. The van der Waals surface area contributed by atoms with E-state index in [1.165, 1.54) is 22.1 Å². The molecule has 29 heavy (non-hydrogen) atoms. The Morgan fingerprint density at radius 1 is 0.862 bits per heavy atom. The molecule has 0 amide bonds. The van der Waals surface area contributed by atoms with Crippen LogP contribution in [0.25, 0.3) is 16.6 Å². The molecule has 1 aromatic heterocycles. The maximum absolute atomic E-state index is 11.0. The predicted molar refractivity (Wildman–Crippen MR) is 118 cm³/mol. The van der Waals surface area contributed by atoms with Crippen LogP contribution in [0.5, 0.6) is 0 Å². The Balaban J connectivity index is 1.74. The zero-order chi connectivity index (χ0) is 20.2. The standard InChI is InChI=1S/C26H25NO2/c1-19-6-5-9-23(16-19)27-18-22(13-10-20-7-3-2-4-8-20)24-17-21(11-14-25(24)27)12-15-26(28)29/h2-9,11,14,16-18H,10,12-13,15H2,1H3,(H,28,29). The van der Waals surface area contributed by atoms with E-state index in [9.17, 15) is 4.79 Å². The Morgan fingerprint density at radius 3 is 2.45 bits per heavy atom. The van der Waals surface area contributed by atoms with Crippen molar-refractivity contribution in [1.82, 2.24) is 4.57 Å². The van der Waals surface area contributed by atoms with Gasteiger partial charge in [-0.15, -0.1) is 0 Å². The number of aryl methyl sites for hydroxylation is 4. The first-order valence-corrected chi connectivity index (χ1v) is 10.1. The summed E-state index contributed by atoms with van der Waals surface area (Å²) in [6.07, 6.45) is 4.88. The molecule has 4 rings (SSSR count). The fourth-order valence-corrected chi connectivity index (χ4v) is 3.87. The van der Waals surface area contributed by atoms with Crippen molar-refractivity contribution in [2.75, 3.05) is 0 Å². The van der Waals surface area contributed by atoms with Gasteiger partial charge in [-0.25, -0.2) is 0 Å². The molecule has 0 aliphatic heterocycles. The first-order chi connectivity index (χ1) is 14.1. The minimum atomic E-state index is -0.758. The number of nitrogens with zero attached hydrogens (tertiary/aromatic N) is 1. The highest BCUT2D eigenvalue weighted by Crippen LogP contribution is 2.28. The number of aliphatic carboxylic acids is 1. The molecule has 0 unspecified atom stereocenters. The average Bonchev–Trinajstić information content (AvgIpc) is 3.09. The highest BCUT2D eigenvalue weighted by atomic mass is 16.4. The third-order valence-electron chi connectivity index (χ3n) is 5.38. The van der Waals surface area contributed by atoms with Crippen molar-refractivity contribution in [1.29, 1.82) is 0 Å². The molecule has 4 aromatic rings. The van der Waals surface area contributed by atoms with Crippen molar-refractivity contribution in [2.45, 2.75) is 32.6 Å². The van der Waals surface area contributed by atoms with Gasteiger partial charge in [-0.05, 0) is 72.7 Å². The summed E-state index contributed by atoms with van der Waals surface area (Å²) in [5.41, 5.74) is 7.24. The van der Waals surface area contributed by atoms with Gasteiger partial charge in [0.2, 0.25) is 0 Å². The molecule has 0 aliphatic carbocycles. The lowest BCUT2D eigenvalue weighted by Gasteiger charge is -2.07. The molecule has 3 aromatic carbocycles. The fourth-order valence-electron chi connectivity index (χ4n) is 3.87. The summed E-state index contributed by atoms with van der Waals surface area (Å²) in [4.78, 5) is 11.0. The minimum absolute atomic E-state index is 0.156. The van der Waals surface area contributed by atoms with Gasteiger partial charge in [0.05, 0.1) is 5.52 Å². The van der Waals surface area contributed by atoms with Gasteiger partial charge < -0.3 is 9.67 Å². The summed E-state index contributed by atoms with van der Waals surface area (Å²) in [5, 5.41) is 10.2. The highest BCUT2D eigenvalue weighted by molar-refractivity contribution is 5.86. The van der Waals surface area contributed by atoms with Crippen LogP contribution in [-0.4, -0.2) is 15.6 Å². The van der Waals surface area contributed by atoms with Crippen molar-refractivity contribution >= 4 is 16.9 Å². The normalized spacial score (nSPS) is 11.1. The van der Waals surface area contributed by atoms with Gasteiger partial charge in [0, 0.05) is 23.7 Å². The van der Waals surface area contributed by atoms with E-state index < -0.39 is 5.97 Å². The number of carboxylic acid groups (broad SMARTS) is 1. The van der Waals surface area contributed by atoms with Crippen LogP contribution in [0.1, 0.15) is 28.7 Å². The monoisotopic (exact) mass is 383 g/mol. The lowest BCUT2D eigenvalue weighted by Crippen LogP contribution is -1.97. The van der Waals surface area contributed by atoms with Gasteiger partial charge in [0.25, 0.3) is 0 Å². The molecule has 1 heterocycles. The molecule has 0 atom stereocenters. The van der Waals surface area contributed by atoms with Crippen molar-refractivity contribution in [3.8, 4) is 5.69 Å². The van der Waals surface area contributed by atoms with Crippen LogP contribution in [0.15, 0.2) is 79.0 Å². The third-order valence-corrected chi connectivity index (χ3v) is 5.38. The molecule has 0 spiro atoms. The van der Waals surface area contributed by atoms with Gasteiger partial charge in [-0.2, -0.15) is 0 Å². The summed E-state index contributed by atoms with van der Waals surface area (Å²) in [6.45, 7) is 2.11. The van der Waals surface area contributed by atoms with Gasteiger partial charge in [-0.3, -0.25) is 4.79 Å². The lowest BCUT2D eigenvalue weighted by atomic mass is 10.0. The number of fused-ring (bicyclic) bond motifs is 1. The average molecular weight is 383 g/mol. The molecule has 3 heteroatoms. The van der Waals surface area contributed by atoms with E-state index in [-0.39, 0.29) is 6.42 Å². The molecule has 0 aliphatic rings. The largest absolute Gasteiger partial charge is 0.481 e. The van der Waals surface area contributed by atoms with E-state index in [0.717, 1.165) is 29.6 Å². The van der Waals surface area contributed by atoms with Crippen LogP contribution in [0.4, 0.5) is 0 Å². The molecule has 0 bridgehead atoms. The first kappa shape index (κ1) is 19.0. The zero-order valence-corrected chi connectivity index (χ0v) is 16.6. The lowest BCUT2D eigenvalue weighted by molar-refractivity contribution is -0.136. The first-order valence-electron chi connectivity index (χ1n) is 10.1. The van der Waals surface area contributed by atoms with Crippen LogP contribution in [0.2, 0.25) is 0 Å². The highest BCUT2D eigenvalue weighted by Gasteiger charge is 2.12. The Hall–Kier alpha value is -3.33. The SMILES string of the molecule is Cc1cccc(-n2cc(CCc3ccccc3)c3cc(CCC(=O)O)ccc32)c1. The summed E-state index contributed by atoms with van der Waals surface area (Å²) in [6, 6.07) is 25.4. The molecule has 0 radical (unpaired) electrons. The van der Waals surface area contributed by atoms with Crippen molar-refractivity contribution in [3.63, 3.8) is 0 Å². The zero-order valence-electron chi connectivity index (χ0n) is 16.6. The van der Waals surface area contributed by atoms with E-state index in [4.69, 9.17) is 5.11 Å². The number of hydrogen-bond acceptors (Lipinski definition) is 1. The summed E-state index contributed by atoms with van der Waals surface area (Å²) in [5.74, 6) is -0.758. The van der Waals surface area contributed by atoms with Crippen LogP contribution < -0.4 is 0 Å². The number of carboxylic acids is 1. The van der Waals surface area contributed by atoms with Crippen molar-refractivity contribution in [3.05, 3.63) is 101 Å². The topological polar surface area (TPSA) is 42.2 Å². The second kappa shape index (κ2) is 8.36. The Bertz CT molecular complexity index is 1140. The molecular weight excluding hydrogens is 358 g/mol. The number of rotatable bonds is 7. The molecule has 146 valence electrons. The Labute approximate surface area is 171 Å². The number of benzene rings is 3. The molecule has 0 fully saturated rings. The fraction of sp³-hybridized carbons (Fsp3) is 0.192. The van der Waals surface area contributed by atoms with Gasteiger partial charge in [-0.1, -0.05) is 48.5 Å². The third kappa shape index (κ3) is 4.40. The maximum Gasteiger partial charge on any atom is 0.303 e. The smallest absolute Gasteiger partial charge is 0.303 e. The van der Waals surface area contributed by atoms with Crippen LogP contribution >= 0.6 is 0 Å². The second-order valence-corrected chi connectivity index (χ2v) is 7.59. The summed E-state index contributed by atoms with van der Waals surface area (Å²) in [7, 11) is 0. The number of carbonyl (C=O) groups is 1. The predicted octanol–water partition coefficient (Wildman–Crippen LogP) is 5.74. The molecule has 0 saturated carbocycles. The van der Waals surface area contributed by atoms with E-state index in [1.54, 1.807) is 0 Å². The van der Waals surface area contributed by atoms with Crippen LogP contribution in [0, 0.1) is 6.92 Å². The Kier molecular flexibility index (Phi) is 5.48. The minimum Gasteiger partial charge on any atom is -0.481 e. The van der Waals surface area contributed by atoms with Crippen LogP contribution in [-0.2, 0) is 24.1 Å². The molecular formula is C26H25NO2. The Morgan fingerprint density at radius 2 is 1.69 bits per heavy atom.